The molecule has 0 spiro atoms. The lowest BCUT2D eigenvalue weighted by Gasteiger charge is -2.33. The van der Waals surface area contributed by atoms with Crippen molar-refractivity contribution in [3.63, 3.8) is 0 Å². The Morgan fingerprint density at radius 1 is 1.41 bits per heavy atom. The smallest absolute Gasteiger partial charge is 0.255 e. The largest absolute Gasteiger partial charge is 0.373 e. The molecule has 1 aromatic rings. The van der Waals surface area contributed by atoms with E-state index in [9.17, 15) is 18.4 Å². The molecule has 1 N–H and O–H groups in total. The normalized spacial score (nSPS) is 18.2. The van der Waals surface area contributed by atoms with Crippen molar-refractivity contribution in [1.29, 1.82) is 0 Å². The molecule has 0 aromatic heterocycles. The van der Waals surface area contributed by atoms with E-state index >= 15 is 0 Å². The van der Waals surface area contributed by atoms with Crippen LogP contribution in [0.15, 0.2) is 12.1 Å². The second-order valence-corrected chi connectivity index (χ2v) is 5.33. The molecular weight excluding hydrogens is 318 g/mol. The highest BCUT2D eigenvalue weighted by Crippen LogP contribution is 2.22. The fourth-order valence-electron chi connectivity index (χ4n) is 2.14. The van der Waals surface area contributed by atoms with E-state index in [2.05, 4.69) is 5.32 Å². The van der Waals surface area contributed by atoms with Gasteiger partial charge in [-0.2, -0.15) is 0 Å². The lowest BCUT2D eigenvalue weighted by Crippen LogP contribution is -2.49. The highest BCUT2D eigenvalue weighted by atomic mass is 35.5. The molecule has 1 aromatic carbocycles. The Hall–Kier alpha value is -1.73. The van der Waals surface area contributed by atoms with Crippen molar-refractivity contribution in [2.24, 2.45) is 0 Å². The van der Waals surface area contributed by atoms with Gasteiger partial charge < -0.3 is 15.0 Å². The molecule has 1 saturated heterocycles. The van der Waals surface area contributed by atoms with Gasteiger partial charge in [0.25, 0.3) is 5.91 Å². The van der Waals surface area contributed by atoms with E-state index in [0.29, 0.717) is 6.54 Å². The van der Waals surface area contributed by atoms with E-state index < -0.39 is 17.5 Å². The maximum Gasteiger partial charge on any atom is 0.255 e. The first-order valence-electron chi connectivity index (χ1n) is 6.68. The summed E-state index contributed by atoms with van der Waals surface area (Å²) in [5.41, 5.74) is -0.0965. The van der Waals surface area contributed by atoms with Crippen LogP contribution in [0, 0.1) is 11.6 Å². The van der Waals surface area contributed by atoms with Crippen LogP contribution in [0.1, 0.15) is 17.3 Å². The van der Waals surface area contributed by atoms with Crippen LogP contribution in [-0.4, -0.2) is 49.1 Å². The van der Waals surface area contributed by atoms with Crippen molar-refractivity contribution in [2.75, 3.05) is 26.2 Å². The Morgan fingerprint density at radius 3 is 2.77 bits per heavy atom. The van der Waals surface area contributed by atoms with E-state index in [1.165, 1.54) is 11.8 Å². The Morgan fingerprint density at radius 2 is 2.09 bits per heavy atom. The van der Waals surface area contributed by atoms with Crippen molar-refractivity contribution in [1.82, 2.24) is 10.2 Å². The number of nitrogens with one attached hydrogen (secondary N) is 1. The Bertz CT molecular complexity index is 598. The second kappa shape index (κ2) is 7.02. The number of rotatable bonds is 3. The third kappa shape index (κ3) is 3.92. The quantitative estimate of drug-likeness (QED) is 0.855. The maximum atomic E-state index is 13.3. The molecule has 8 heteroatoms. The molecule has 1 unspecified atom stereocenters. The zero-order chi connectivity index (χ0) is 16.3. The predicted molar refractivity (Wildman–Crippen MR) is 75.7 cm³/mol. The van der Waals surface area contributed by atoms with Gasteiger partial charge >= 0.3 is 0 Å². The Kier molecular flexibility index (Phi) is 5.31. The third-order valence-corrected chi connectivity index (χ3v) is 3.56. The summed E-state index contributed by atoms with van der Waals surface area (Å²) in [5, 5.41) is 2.46. The number of morpholine rings is 1. The topological polar surface area (TPSA) is 58.6 Å². The van der Waals surface area contributed by atoms with Crippen LogP contribution in [0.3, 0.4) is 0 Å². The van der Waals surface area contributed by atoms with Gasteiger partial charge in [0.1, 0.15) is 0 Å². The molecule has 5 nitrogen and oxygen atoms in total. The predicted octanol–water partition coefficient (Wildman–Crippen LogP) is 1.60. The lowest BCUT2D eigenvalue weighted by atomic mass is 10.1. The number of halogens is 3. The molecule has 2 rings (SSSR count). The van der Waals surface area contributed by atoms with Crippen molar-refractivity contribution in [3.8, 4) is 0 Å². The van der Waals surface area contributed by atoms with Gasteiger partial charge in [-0.15, -0.1) is 0 Å². The molecule has 2 amide bonds. The minimum atomic E-state index is -1.13. The monoisotopic (exact) mass is 332 g/mol. The van der Waals surface area contributed by atoms with E-state index in [-0.39, 0.29) is 42.3 Å². The SMILES string of the molecule is CC(=O)NCC1CN(C(=O)c2cc(F)c(F)cc2Cl)CCO1. The minimum Gasteiger partial charge on any atom is -0.373 e. The van der Waals surface area contributed by atoms with Gasteiger partial charge in [-0.05, 0) is 12.1 Å². The summed E-state index contributed by atoms with van der Waals surface area (Å²) in [6.07, 6.45) is -0.356. The van der Waals surface area contributed by atoms with Crippen molar-refractivity contribution in [2.45, 2.75) is 13.0 Å². The second-order valence-electron chi connectivity index (χ2n) is 4.93. The number of hydrogen-bond acceptors (Lipinski definition) is 3. The Labute approximate surface area is 131 Å². The summed E-state index contributed by atoms with van der Waals surface area (Å²) >= 11 is 5.81. The van der Waals surface area contributed by atoms with E-state index in [1.807, 2.05) is 0 Å². The molecule has 0 radical (unpaired) electrons. The van der Waals surface area contributed by atoms with Gasteiger partial charge in [-0.1, -0.05) is 11.6 Å². The highest BCUT2D eigenvalue weighted by molar-refractivity contribution is 6.33. The third-order valence-electron chi connectivity index (χ3n) is 3.25. The first kappa shape index (κ1) is 16.6. The Balaban J connectivity index is 2.09. The molecule has 120 valence electrons. The maximum absolute atomic E-state index is 13.3. The van der Waals surface area contributed by atoms with Crippen LogP contribution >= 0.6 is 11.6 Å². The number of carbonyl (C=O) groups is 2. The average Bonchev–Trinajstić information content (AvgIpc) is 2.48. The van der Waals surface area contributed by atoms with Crippen LogP contribution in [-0.2, 0) is 9.53 Å². The van der Waals surface area contributed by atoms with Crippen LogP contribution in [0.25, 0.3) is 0 Å². The van der Waals surface area contributed by atoms with Gasteiger partial charge in [-0.3, -0.25) is 9.59 Å². The first-order valence-corrected chi connectivity index (χ1v) is 7.06. The number of hydrogen-bond donors (Lipinski definition) is 1. The van der Waals surface area contributed by atoms with Crippen molar-refractivity contribution < 1.29 is 23.1 Å². The van der Waals surface area contributed by atoms with Crippen LogP contribution in [0.2, 0.25) is 5.02 Å². The average molecular weight is 333 g/mol. The van der Waals surface area contributed by atoms with Crippen molar-refractivity contribution in [3.05, 3.63) is 34.4 Å². The fraction of sp³-hybridized carbons (Fsp3) is 0.429. The number of amides is 2. The number of nitrogens with zero attached hydrogens (tertiary/aromatic N) is 1. The van der Waals surface area contributed by atoms with Crippen LogP contribution in [0.5, 0.6) is 0 Å². The van der Waals surface area contributed by atoms with E-state index in [1.54, 1.807) is 0 Å². The zero-order valence-electron chi connectivity index (χ0n) is 11.9. The first-order chi connectivity index (χ1) is 10.4. The molecule has 0 bridgehead atoms. The highest BCUT2D eigenvalue weighted by Gasteiger charge is 2.27. The molecule has 0 aliphatic carbocycles. The number of ether oxygens (including phenoxy) is 1. The molecule has 1 fully saturated rings. The summed E-state index contributed by atoms with van der Waals surface area (Å²) < 4.78 is 31.8. The molecule has 1 atom stereocenters. The zero-order valence-corrected chi connectivity index (χ0v) is 12.6. The molecule has 22 heavy (non-hydrogen) atoms. The van der Waals surface area contributed by atoms with Crippen LogP contribution in [0.4, 0.5) is 8.78 Å². The van der Waals surface area contributed by atoms with Crippen LogP contribution < -0.4 is 5.32 Å². The summed E-state index contributed by atoms with van der Waals surface area (Å²) in [6, 6.07) is 1.57. The van der Waals surface area contributed by atoms with Gasteiger partial charge in [-0.25, -0.2) is 8.78 Å². The molecule has 0 saturated carbocycles. The van der Waals surface area contributed by atoms with E-state index in [4.69, 9.17) is 16.3 Å². The summed E-state index contributed by atoms with van der Waals surface area (Å²) in [6.45, 7) is 2.48. The molecular formula is C14H15ClF2N2O3. The van der Waals surface area contributed by atoms with Gasteiger partial charge in [0.15, 0.2) is 11.6 Å². The number of carbonyl (C=O) groups excluding carboxylic acids is 2. The van der Waals surface area contributed by atoms with E-state index in [0.717, 1.165) is 12.1 Å². The van der Waals surface area contributed by atoms with Gasteiger partial charge in [0.2, 0.25) is 5.91 Å². The molecule has 1 heterocycles. The molecule has 1 aliphatic heterocycles. The molecule has 1 aliphatic rings. The summed E-state index contributed by atoms with van der Waals surface area (Å²) in [7, 11) is 0. The standard InChI is InChI=1S/C14H15ClF2N2O3/c1-8(20)18-6-9-7-19(2-3-22-9)14(21)10-4-12(16)13(17)5-11(10)15/h4-5,9H,2-3,6-7H2,1H3,(H,18,20). The minimum absolute atomic E-state index is 0.0965. The lowest BCUT2D eigenvalue weighted by molar-refractivity contribution is -0.120. The van der Waals surface area contributed by atoms with Gasteiger partial charge in [0.05, 0.1) is 23.3 Å². The number of benzene rings is 1. The fourth-order valence-corrected chi connectivity index (χ4v) is 2.37. The summed E-state index contributed by atoms with van der Waals surface area (Å²) in [4.78, 5) is 24.7. The van der Waals surface area contributed by atoms with Crippen molar-refractivity contribution >= 4 is 23.4 Å². The summed E-state index contributed by atoms with van der Waals surface area (Å²) in [5.74, 6) is -2.93. The van der Waals surface area contributed by atoms with Gasteiger partial charge in [0, 0.05) is 26.6 Å².